The van der Waals surface area contributed by atoms with Gasteiger partial charge >= 0.3 is 0 Å². The maximum Gasteiger partial charge on any atom is 0.265 e. The zero-order chi connectivity index (χ0) is 13.4. The third-order valence-corrected chi connectivity index (χ3v) is 5.24. The van der Waals surface area contributed by atoms with Crippen molar-refractivity contribution >= 4 is 38.9 Å². The largest absolute Gasteiger partial charge is 0.394 e. The van der Waals surface area contributed by atoms with Gasteiger partial charge in [0.25, 0.3) is 5.91 Å². The Morgan fingerprint density at radius 3 is 3.00 bits per heavy atom. The van der Waals surface area contributed by atoms with E-state index in [1.165, 1.54) is 11.3 Å². The maximum atomic E-state index is 12.5. The summed E-state index contributed by atoms with van der Waals surface area (Å²) in [6.45, 7) is 0.725. The topological polar surface area (TPSA) is 40.5 Å². The summed E-state index contributed by atoms with van der Waals surface area (Å²) in [4.78, 5) is 14.9. The Hall–Kier alpha value is -1.10. The van der Waals surface area contributed by atoms with Crippen molar-refractivity contribution in [1.29, 1.82) is 0 Å². The summed E-state index contributed by atoms with van der Waals surface area (Å²) >= 11 is 7.75. The van der Waals surface area contributed by atoms with E-state index in [1.54, 1.807) is 4.90 Å². The summed E-state index contributed by atoms with van der Waals surface area (Å²) in [5.74, 6) is -0.0530. The van der Waals surface area contributed by atoms with E-state index in [0.717, 1.165) is 22.9 Å². The first-order valence-electron chi connectivity index (χ1n) is 6.31. The van der Waals surface area contributed by atoms with Gasteiger partial charge in [0.05, 0.1) is 17.7 Å². The van der Waals surface area contributed by atoms with Crippen molar-refractivity contribution in [2.75, 3.05) is 13.2 Å². The summed E-state index contributed by atoms with van der Waals surface area (Å²) < 4.78 is 1.02. The van der Waals surface area contributed by atoms with Crippen molar-refractivity contribution in [3.8, 4) is 0 Å². The fraction of sp³-hybridized carbons (Fsp3) is 0.357. The highest BCUT2D eigenvalue weighted by Crippen LogP contribution is 2.36. The number of fused-ring (bicyclic) bond motifs is 1. The van der Waals surface area contributed by atoms with E-state index < -0.39 is 0 Å². The van der Waals surface area contributed by atoms with Crippen molar-refractivity contribution in [2.45, 2.75) is 18.9 Å². The van der Waals surface area contributed by atoms with Crippen molar-refractivity contribution in [2.24, 2.45) is 0 Å². The summed E-state index contributed by atoms with van der Waals surface area (Å²) in [5.41, 5.74) is 0. The number of thiophene rings is 1. The number of amides is 1. The summed E-state index contributed by atoms with van der Waals surface area (Å²) in [7, 11) is 0. The molecule has 0 spiro atoms. The molecule has 1 aromatic heterocycles. The molecule has 0 bridgehead atoms. The summed E-state index contributed by atoms with van der Waals surface area (Å²) in [6, 6.07) is 7.69. The van der Waals surface area contributed by atoms with Crippen LogP contribution in [0.2, 0.25) is 5.02 Å². The second-order valence-corrected chi connectivity index (χ2v) is 6.15. The van der Waals surface area contributed by atoms with E-state index in [4.69, 9.17) is 11.6 Å². The van der Waals surface area contributed by atoms with E-state index in [2.05, 4.69) is 0 Å². The van der Waals surface area contributed by atoms with Crippen LogP contribution in [0.4, 0.5) is 0 Å². The Morgan fingerprint density at radius 2 is 2.26 bits per heavy atom. The Kier molecular flexibility index (Phi) is 3.48. The molecule has 2 aromatic rings. The minimum absolute atomic E-state index is 0.0221. The molecule has 19 heavy (non-hydrogen) atoms. The van der Waals surface area contributed by atoms with Gasteiger partial charge in [0.15, 0.2) is 0 Å². The lowest BCUT2D eigenvalue weighted by Crippen LogP contribution is -2.37. The molecule has 3 rings (SSSR count). The van der Waals surface area contributed by atoms with Crippen molar-refractivity contribution < 1.29 is 9.90 Å². The highest BCUT2D eigenvalue weighted by Gasteiger charge is 2.31. The number of nitrogens with zero attached hydrogens (tertiary/aromatic N) is 1. The van der Waals surface area contributed by atoms with Crippen LogP contribution in [0.15, 0.2) is 24.3 Å². The lowest BCUT2D eigenvalue weighted by Gasteiger charge is -2.22. The first-order valence-corrected chi connectivity index (χ1v) is 7.50. The van der Waals surface area contributed by atoms with Gasteiger partial charge in [0.2, 0.25) is 0 Å². The lowest BCUT2D eigenvalue weighted by molar-refractivity contribution is 0.0682. The van der Waals surface area contributed by atoms with Crippen LogP contribution in [-0.2, 0) is 0 Å². The number of hydrogen-bond donors (Lipinski definition) is 1. The predicted molar refractivity (Wildman–Crippen MR) is 78.0 cm³/mol. The van der Waals surface area contributed by atoms with Crippen LogP contribution < -0.4 is 0 Å². The predicted octanol–water partition coefficient (Wildman–Crippen LogP) is 3.15. The van der Waals surface area contributed by atoms with E-state index in [1.807, 2.05) is 24.3 Å². The zero-order valence-corrected chi connectivity index (χ0v) is 11.9. The molecule has 1 aliphatic rings. The molecule has 100 valence electrons. The van der Waals surface area contributed by atoms with Gasteiger partial charge < -0.3 is 10.0 Å². The van der Waals surface area contributed by atoms with Crippen LogP contribution in [0.5, 0.6) is 0 Å². The average molecular weight is 296 g/mol. The molecule has 3 nitrogen and oxygen atoms in total. The number of carbonyl (C=O) groups is 1. The molecule has 1 aromatic carbocycles. The van der Waals surface area contributed by atoms with Crippen LogP contribution in [0.25, 0.3) is 10.1 Å². The molecule has 0 saturated carbocycles. The molecule has 0 radical (unpaired) electrons. The van der Waals surface area contributed by atoms with Crippen molar-refractivity contribution in [3.05, 3.63) is 34.2 Å². The maximum absolute atomic E-state index is 12.5. The van der Waals surface area contributed by atoms with Gasteiger partial charge in [0, 0.05) is 16.6 Å². The van der Waals surface area contributed by atoms with Gasteiger partial charge in [-0.1, -0.05) is 29.8 Å². The number of carbonyl (C=O) groups excluding carboxylic acids is 1. The van der Waals surface area contributed by atoms with Crippen LogP contribution in [0.3, 0.4) is 0 Å². The Morgan fingerprint density at radius 1 is 1.47 bits per heavy atom. The molecule has 5 heteroatoms. The van der Waals surface area contributed by atoms with Crippen molar-refractivity contribution in [3.63, 3.8) is 0 Å². The monoisotopic (exact) mass is 295 g/mol. The van der Waals surface area contributed by atoms with Gasteiger partial charge in [-0.2, -0.15) is 0 Å². The zero-order valence-electron chi connectivity index (χ0n) is 10.3. The third kappa shape index (κ3) is 2.14. The molecule has 0 aliphatic carbocycles. The lowest BCUT2D eigenvalue weighted by atomic mass is 10.2. The summed E-state index contributed by atoms with van der Waals surface area (Å²) in [5, 5.41) is 10.8. The highest BCUT2D eigenvalue weighted by molar-refractivity contribution is 7.21. The molecular formula is C14H14ClNO2S. The van der Waals surface area contributed by atoms with Gasteiger partial charge in [-0.05, 0) is 18.9 Å². The molecule has 1 atom stereocenters. The first kappa shape index (κ1) is 12.9. The second kappa shape index (κ2) is 5.12. The SMILES string of the molecule is O=C(c1sc2ccccc2c1Cl)N1CCC[C@H]1CO. The van der Waals surface area contributed by atoms with Crippen LogP contribution >= 0.6 is 22.9 Å². The third-order valence-electron chi connectivity index (χ3n) is 3.58. The van der Waals surface area contributed by atoms with E-state index in [0.29, 0.717) is 16.4 Å². The Bertz CT molecular complexity index is 625. The Balaban J connectivity index is 2.00. The van der Waals surface area contributed by atoms with Crippen molar-refractivity contribution in [1.82, 2.24) is 4.90 Å². The van der Waals surface area contributed by atoms with Gasteiger partial charge in [0.1, 0.15) is 4.88 Å². The smallest absolute Gasteiger partial charge is 0.265 e. The van der Waals surface area contributed by atoms with Gasteiger partial charge in [-0.15, -0.1) is 11.3 Å². The molecular weight excluding hydrogens is 282 g/mol. The Labute approximate surface area is 120 Å². The van der Waals surface area contributed by atoms with E-state index >= 15 is 0 Å². The van der Waals surface area contributed by atoms with Gasteiger partial charge in [-0.25, -0.2) is 0 Å². The van der Waals surface area contributed by atoms with E-state index in [9.17, 15) is 9.90 Å². The number of halogens is 1. The number of hydrogen-bond acceptors (Lipinski definition) is 3. The number of benzene rings is 1. The fourth-order valence-electron chi connectivity index (χ4n) is 2.57. The highest BCUT2D eigenvalue weighted by atomic mass is 35.5. The van der Waals surface area contributed by atoms with Crippen LogP contribution in [-0.4, -0.2) is 35.1 Å². The number of aliphatic hydroxyl groups excluding tert-OH is 1. The molecule has 1 saturated heterocycles. The number of likely N-dealkylation sites (tertiary alicyclic amines) is 1. The van der Waals surface area contributed by atoms with Gasteiger partial charge in [-0.3, -0.25) is 4.79 Å². The van der Waals surface area contributed by atoms with E-state index in [-0.39, 0.29) is 18.6 Å². The average Bonchev–Trinajstić information content (AvgIpc) is 3.03. The fourth-order valence-corrected chi connectivity index (χ4v) is 4.04. The molecule has 1 amide bonds. The minimum atomic E-state index is -0.0613. The molecule has 0 unspecified atom stereocenters. The molecule has 1 aliphatic heterocycles. The normalized spacial score (nSPS) is 19.3. The molecule has 2 heterocycles. The number of rotatable bonds is 2. The standard InChI is InChI=1S/C14H14ClNO2S/c15-12-10-5-1-2-6-11(10)19-13(12)14(18)16-7-3-4-9(16)8-17/h1-2,5-6,9,17H,3-4,7-8H2/t9-/m0/s1. The molecule has 1 fully saturated rings. The number of aliphatic hydroxyl groups is 1. The first-order chi connectivity index (χ1) is 9.22. The quantitative estimate of drug-likeness (QED) is 0.924. The minimum Gasteiger partial charge on any atom is -0.394 e. The molecule has 1 N–H and O–H groups in total. The summed E-state index contributed by atoms with van der Waals surface area (Å²) in [6.07, 6.45) is 1.81. The second-order valence-electron chi connectivity index (χ2n) is 4.72. The van der Waals surface area contributed by atoms with Crippen LogP contribution in [0.1, 0.15) is 22.5 Å². The van der Waals surface area contributed by atoms with Crippen LogP contribution in [0, 0.1) is 0 Å².